The van der Waals surface area contributed by atoms with Gasteiger partial charge in [0.25, 0.3) is 0 Å². The number of rotatable bonds is 4. The van der Waals surface area contributed by atoms with E-state index in [2.05, 4.69) is 43.2 Å². The van der Waals surface area contributed by atoms with Crippen LogP contribution in [0, 0.1) is 0 Å². The van der Waals surface area contributed by atoms with Crippen LogP contribution in [0.5, 0.6) is 0 Å². The number of aromatic amines is 1. The van der Waals surface area contributed by atoms with Crippen molar-refractivity contribution in [2.24, 2.45) is 0 Å². The summed E-state index contributed by atoms with van der Waals surface area (Å²) in [5, 5.41) is 10.0. The zero-order valence-electron chi connectivity index (χ0n) is 9.84. The minimum absolute atomic E-state index is 0.781. The van der Waals surface area contributed by atoms with Crippen LogP contribution in [0.25, 0.3) is 10.7 Å². The van der Waals surface area contributed by atoms with Crippen LogP contribution in [0.2, 0.25) is 0 Å². The number of halogens is 1. The second-order valence-corrected chi connectivity index (χ2v) is 6.67. The first-order chi connectivity index (χ1) is 9.31. The normalized spacial score (nSPS) is 10.8. The predicted molar refractivity (Wildman–Crippen MR) is 83.4 cm³/mol. The van der Waals surface area contributed by atoms with Crippen molar-refractivity contribution in [2.75, 3.05) is 0 Å². The third kappa shape index (κ3) is 3.26. The maximum atomic E-state index is 4.49. The fourth-order valence-corrected chi connectivity index (χ4v) is 3.46. The van der Waals surface area contributed by atoms with Crippen LogP contribution in [0.15, 0.2) is 51.4 Å². The number of nitrogens with one attached hydrogen (secondary N) is 1. The lowest BCUT2D eigenvalue weighted by molar-refractivity contribution is 0.973. The first-order valence-corrected chi connectivity index (χ1v) is 8.30. The van der Waals surface area contributed by atoms with Gasteiger partial charge in [0, 0.05) is 10.2 Å². The number of hydrogen-bond acceptors (Lipinski definition) is 4. The number of thiophene rings is 1. The van der Waals surface area contributed by atoms with Gasteiger partial charge < -0.3 is 0 Å². The number of aromatic nitrogens is 3. The Kier molecular flexibility index (Phi) is 4.00. The van der Waals surface area contributed by atoms with Crippen molar-refractivity contribution in [3.05, 3.63) is 51.8 Å². The highest BCUT2D eigenvalue weighted by molar-refractivity contribution is 9.10. The van der Waals surface area contributed by atoms with Crippen molar-refractivity contribution in [1.82, 2.24) is 15.2 Å². The molecule has 0 unspecified atom stereocenters. The van der Waals surface area contributed by atoms with Crippen molar-refractivity contribution in [2.45, 2.75) is 10.9 Å². The molecule has 0 aliphatic rings. The maximum absolute atomic E-state index is 4.49. The van der Waals surface area contributed by atoms with Gasteiger partial charge in [-0.25, -0.2) is 4.98 Å². The van der Waals surface area contributed by atoms with E-state index in [1.165, 1.54) is 5.56 Å². The van der Waals surface area contributed by atoms with Crippen molar-refractivity contribution in [3.8, 4) is 10.7 Å². The molecular weight excluding hydrogens is 342 g/mol. The highest BCUT2D eigenvalue weighted by atomic mass is 79.9. The molecule has 0 aliphatic carbocycles. The van der Waals surface area contributed by atoms with Crippen molar-refractivity contribution < 1.29 is 0 Å². The van der Waals surface area contributed by atoms with E-state index in [4.69, 9.17) is 0 Å². The molecule has 3 rings (SSSR count). The molecule has 2 aromatic heterocycles. The quantitative estimate of drug-likeness (QED) is 0.699. The van der Waals surface area contributed by atoms with Crippen LogP contribution in [0.3, 0.4) is 0 Å². The van der Waals surface area contributed by atoms with Gasteiger partial charge >= 0.3 is 0 Å². The number of H-pyrrole nitrogens is 1. The molecule has 0 spiro atoms. The molecule has 0 aliphatic heterocycles. The van der Waals surface area contributed by atoms with Crippen LogP contribution in [-0.2, 0) is 5.75 Å². The largest absolute Gasteiger partial charge is 0.257 e. The van der Waals surface area contributed by atoms with E-state index < -0.39 is 0 Å². The summed E-state index contributed by atoms with van der Waals surface area (Å²) in [6.45, 7) is 0. The molecule has 0 atom stereocenters. The van der Waals surface area contributed by atoms with E-state index in [1.54, 1.807) is 23.1 Å². The van der Waals surface area contributed by atoms with Crippen LogP contribution >= 0.6 is 39.0 Å². The standard InChI is InChI=1S/C13H10BrN3S2/c14-10-4-1-3-9(7-10)8-19-13-15-12(16-17-13)11-5-2-6-18-11/h1-7H,8H2,(H,15,16,17). The Labute approximate surface area is 127 Å². The summed E-state index contributed by atoms with van der Waals surface area (Å²) in [4.78, 5) is 5.60. The van der Waals surface area contributed by atoms with E-state index in [1.807, 2.05) is 29.6 Å². The number of nitrogens with zero attached hydrogens (tertiary/aromatic N) is 2. The van der Waals surface area contributed by atoms with E-state index >= 15 is 0 Å². The minimum Gasteiger partial charge on any atom is -0.257 e. The summed E-state index contributed by atoms with van der Waals surface area (Å²) in [7, 11) is 0. The molecule has 96 valence electrons. The topological polar surface area (TPSA) is 41.6 Å². The lowest BCUT2D eigenvalue weighted by Crippen LogP contribution is -1.82. The molecule has 0 amide bonds. The molecule has 0 bridgehead atoms. The average Bonchev–Trinajstić information content (AvgIpc) is 3.07. The first kappa shape index (κ1) is 12.9. The van der Waals surface area contributed by atoms with Gasteiger partial charge in [-0.3, -0.25) is 5.10 Å². The van der Waals surface area contributed by atoms with Crippen LogP contribution < -0.4 is 0 Å². The van der Waals surface area contributed by atoms with Gasteiger partial charge in [0.15, 0.2) is 5.82 Å². The monoisotopic (exact) mass is 351 g/mol. The first-order valence-electron chi connectivity index (χ1n) is 5.65. The molecule has 2 heterocycles. The third-order valence-electron chi connectivity index (χ3n) is 2.48. The molecule has 6 heteroatoms. The molecule has 0 radical (unpaired) electrons. The molecule has 0 saturated heterocycles. The van der Waals surface area contributed by atoms with E-state index in [-0.39, 0.29) is 0 Å². The van der Waals surface area contributed by atoms with E-state index in [9.17, 15) is 0 Å². The molecule has 19 heavy (non-hydrogen) atoms. The fourth-order valence-electron chi connectivity index (χ4n) is 1.61. The Hall–Kier alpha value is -1.11. The van der Waals surface area contributed by atoms with Crippen molar-refractivity contribution >= 4 is 39.0 Å². The summed E-state index contributed by atoms with van der Waals surface area (Å²) in [6, 6.07) is 12.3. The molecule has 0 fully saturated rings. The number of thioether (sulfide) groups is 1. The zero-order chi connectivity index (χ0) is 13.1. The maximum Gasteiger partial charge on any atom is 0.209 e. The highest BCUT2D eigenvalue weighted by Crippen LogP contribution is 2.25. The summed E-state index contributed by atoms with van der Waals surface area (Å²) in [5.41, 5.74) is 1.25. The molecular formula is C13H10BrN3S2. The second-order valence-electron chi connectivity index (χ2n) is 3.86. The molecule has 3 nitrogen and oxygen atoms in total. The fraction of sp³-hybridized carbons (Fsp3) is 0.0769. The average molecular weight is 352 g/mol. The summed E-state index contributed by atoms with van der Waals surface area (Å²) in [5.74, 6) is 1.70. The van der Waals surface area contributed by atoms with Crippen LogP contribution in [0.1, 0.15) is 5.56 Å². The summed E-state index contributed by atoms with van der Waals surface area (Å²) >= 11 is 6.76. The lowest BCUT2D eigenvalue weighted by Gasteiger charge is -1.98. The number of benzene rings is 1. The van der Waals surface area contributed by atoms with Gasteiger partial charge in [-0.05, 0) is 29.1 Å². The molecule has 0 saturated carbocycles. The van der Waals surface area contributed by atoms with E-state index in [0.717, 1.165) is 26.1 Å². The Balaban J connectivity index is 1.68. The second kappa shape index (κ2) is 5.90. The minimum atomic E-state index is 0.781. The Morgan fingerprint density at radius 3 is 3.00 bits per heavy atom. The Morgan fingerprint density at radius 1 is 1.26 bits per heavy atom. The summed E-state index contributed by atoms with van der Waals surface area (Å²) < 4.78 is 1.10. The smallest absolute Gasteiger partial charge is 0.209 e. The predicted octanol–water partition coefficient (Wildman–Crippen LogP) is 4.59. The van der Waals surface area contributed by atoms with E-state index in [0.29, 0.717) is 0 Å². The summed E-state index contributed by atoms with van der Waals surface area (Å²) in [6.07, 6.45) is 0. The van der Waals surface area contributed by atoms with Gasteiger partial charge in [0.1, 0.15) is 0 Å². The zero-order valence-corrected chi connectivity index (χ0v) is 13.1. The Morgan fingerprint density at radius 2 is 2.21 bits per heavy atom. The van der Waals surface area contributed by atoms with Gasteiger partial charge in [-0.15, -0.1) is 16.4 Å². The number of hydrogen-bond donors (Lipinski definition) is 1. The molecule has 1 aromatic carbocycles. The molecule has 1 N–H and O–H groups in total. The van der Waals surface area contributed by atoms with Gasteiger partial charge in [0.2, 0.25) is 5.16 Å². The van der Waals surface area contributed by atoms with Gasteiger partial charge in [0.05, 0.1) is 4.88 Å². The van der Waals surface area contributed by atoms with Gasteiger partial charge in [-0.2, -0.15) is 0 Å². The highest BCUT2D eigenvalue weighted by Gasteiger charge is 2.07. The van der Waals surface area contributed by atoms with Crippen LogP contribution in [-0.4, -0.2) is 15.2 Å². The van der Waals surface area contributed by atoms with Crippen LogP contribution in [0.4, 0.5) is 0 Å². The molecule has 3 aromatic rings. The Bertz CT molecular complexity index is 664. The van der Waals surface area contributed by atoms with Crippen molar-refractivity contribution in [1.29, 1.82) is 0 Å². The third-order valence-corrected chi connectivity index (χ3v) is 4.76. The SMILES string of the molecule is Brc1cccc(CSc2n[nH]c(-c3cccs3)n2)c1. The van der Waals surface area contributed by atoms with Gasteiger partial charge in [-0.1, -0.05) is 45.9 Å². The lowest BCUT2D eigenvalue weighted by atomic mass is 10.2. The van der Waals surface area contributed by atoms with Crippen molar-refractivity contribution in [3.63, 3.8) is 0 Å².